The summed E-state index contributed by atoms with van der Waals surface area (Å²) in [6.45, 7) is 0.810. The van der Waals surface area contributed by atoms with Crippen molar-refractivity contribution in [3.05, 3.63) is 29.8 Å². The Morgan fingerprint density at radius 1 is 1.17 bits per heavy atom. The summed E-state index contributed by atoms with van der Waals surface area (Å²) in [5.74, 6) is 0.456. The van der Waals surface area contributed by atoms with E-state index in [1.54, 1.807) is 18.2 Å². The first kappa shape index (κ1) is 19.5. The Bertz CT molecular complexity index is 516. The van der Waals surface area contributed by atoms with Crippen LogP contribution in [0.5, 0.6) is 0 Å². The van der Waals surface area contributed by atoms with Gasteiger partial charge < -0.3 is 16.4 Å². The van der Waals surface area contributed by atoms with E-state index in [0.29, 0.717) is 36.7 Å². The molecule has 6 heteroatoms. The van der Waals surface area contributed by atoms with Crippen LogP contribution >= 0.6 is 12.4 Å². The molecule has 5 nitrogen and oxygen atoms in total. The van der Waals surface area contributed by atoms with Gasteiger partial charge in [0.1, 0.15) is 0 Å². The largest absolute Gasteiger partial charge is 0.351 e. The van der Waals surface area contributed by atoms with Gasteiger partial charge in [0.2, 0.25) is 5.91 Å². The highest BCUT2D eigenvalue weighted by Gasteiger charge is 2.17. The molecule has 1 saturated carbocycles. The van der Waals surface area contributed by atoms with E-state index in [0.717, 1.165) is 6.42 Å². The van der Waals surface area contributed by atoms with Crippen LogP contribution in [0.2, 0.25) is 0 Å². The third-order valence-corrected chi connectivity index (χ3v) is 4.13. The number of nitrogens with two attached hydrogens (primary N) is 1. The number of halogens is 1. The van der Waals surface area contributed by atoms with Gasteiger partial charge in [0, 0.05) is 19.5 Å². The molecule has 1 fully saturated rings. The van der Waals surface area contributed by atoms with Crippen molar-refractivity contribution in [1.29, 1.82) is 0 Å². The maximum Gasteiger partial charge on any atom is 0.253 e. The second-order valence-electron chi connectivity index (χ2n) is 5.83. The lowest BCUT2D eigenvalue weighted by atomic mass is 10.0. The molecule has 0 atom stereocenters. The summed E-state index contributed by atoms with van der Waals surface area (Å²) in [5.41, 5.74) is 6.43. The molecule has 0 aromatic heterocycles. The highest BCUT2D eigenvalue weighted by molar-refractivity contribution is 6.03. The van der Waals surface area contributed by atoms with Crippen molar-refractivity contribution in [3.8, 4) is 0 Å². The first-order chi connectivity index (χ1) is 10.7. The van der Waals surface area contributed by atoms with Gasteiger partial charge in [0.05, 0.1) is 11.3 Å². The van der Waals surface area contributed by atoms with Crippen LogP contribution in [0.15, 0.2) is 24.3 Å². The van der Waals surface area contributed by atoms with Gasteiger partial charge in [0.15, 0.2) is 0 Å². The minimum Gasteiger partial charge on any atom is -0.351 e. The predicted molar refractivity (Wildman–Crippen MR) is 94.9 cm³/mol. The number of para-hydroxylation sites is 1. The number of rotatable bonds is 7. The number of hydrogen-bond donors (Lipinski definition) is 3. The Balaban J connectivity index is 0.00000264. The van der Waals surface area contributed by atoms with Gasteiger partial charge in [-0.3, -0.25) is 9.59 Å². The van der Waals surface area contributed by atoms with Crippen molar-refractivity contribution in [2.24, 2.45) is 11.7 Å². The molecule has 2 rings (SSSR count). The Morgan fingerprint density at radius 2 is 1.87 bits per heavy atom. The van der Waals surface area contributed by atoms with Gasteiger partial charge in [-0.15, -0.1) is 12.4 Å². The summed E-state index contributed by atoms with van der Waals surface area (Å²) in [7, 11) is 0. The van der Waals surface area contributed by atoms with Crippen LogP contribution in [-0.2, 0) is 4.79 Å². The molecular weight excluding hydrogens is 314 g/mol. The number of benzene rings is 1. The van der Waals surface area contributed by atoms with Gasteiger partial charge >= 0.3 is 0 Å². The van der Waals surface area contributed by atoms with Crippen molar-refractivity contribution < 1.29 is 9.59 Å². The molecule has 1 aromatic carbocycles. The predicted octanol–water partition coefficient (Wildman–Crippen LogP) is 2.71. The Hall–Kier alpha value is -1.59. The molecule has 1 aliphatic rings. The maximum atomic E-state index is 12.1. The number of carbonyl (C=O) groups is 2. The molecule has 0 heterocycles. The summed E-state index contributed by atoms with van der Waals surface area (Å²) in [6.07, 6.45) is 6.51. The average molecular weight is 340 g/mol. The van der Waals surface area contributed by atoms with Crippen LogP contribution in [0.1, 0.15) is 48.9 Å². The molecule has 0 saturated heterocycles. The summed E-state index contributed by atoms with van der Waals surface area (Å²) in [4.78, 5) is 24.2. The van der Waals surface area contributed by atoms with Gasteiger partial charge in [-0.25, -0.2) is 0 Å². The van der Waals surface area contributed by atoms with E-state index in [-0.39, 0.29) is 24.2 Å². The standard InChI is InChI=1S/C17H25N3O2.ClH/c18-11-12-19-17(22)14-7-3-4-8-15(14)20-16(21)10-9-13-5-1-2-6-13;/h3-4,7-8,13H,1-2,5-6,9-12,18H2,(H,19,22)(H,20,21);1H. The molecule has 0 radical (unpaired) electrons. The van der Waals surface area contributed by atoms with E-state index in [2.05, 4.69) is 10.6 Å². The highest BCUT2D eigenvalue weighted by Crippen LogP contribution is 2.28. The lowest BCUT2D eigenvalue weighted by Gasteiger charge is -2.12. The molecule has 4 N–H and O–H groups in total. The van der Waals surface area contributed by atoms with Crippen LogP contribution in [-0.4, -0.2) is 24.9 Å². The molecule has 2 amide bonds. The average Bonchev–Trinajstić information content (AvgIpc) is 3.04. The van der Waals surface area contributed by atoms with E-state index in [9.17, 15) is 9.59 Å². The number of hydrogen-bond acceptors (Lipinski definition) is 3. The smallest absolute Gasteiger partial charge is 0.253 e. The molecule has 0 bridgehead atoms. The van der Waals surface area contributed by atoms with Gasteiger partial charge in [-0.05, 0) is 24.5 Å². The fourth-order valence-corrected chi connectivity index (χ4v) is 2.92. The van der Waals surface area contributed by atoms with E-state index in [1.807, 2.05) is 6.07 Å². The Kier molecular flexibility index (Phi) is 8.66. The van der Waals surface area contributed by atoms with Crippen molar-refractivity contribution in [3.63, 3.8) is 0 Å². The molecule has 23 heavy (non-hydrogen) atoms. The van der Waals surface area contributed by atoms with E-state index in [4.69, 9.17) is 5.73 Å². The van der Waals surface area contributed by atoms with Crippen LogP contribution in [0.4, 0.5) is 5.69 Å². The van der Waals surface area contributed by atoms with Gasteiger partial charge in [0.25, 0.3) is 5.91 Å². The minimum atomic E-state index is -0.211. The summed E-state index contributed by atoms with van der Waals surface area (Å²) >= 11 is 0. The molecule has 0 aliphatic heterocycles. The quantitative estimate of drug-likeness (QED) is 0.714. The molecule has 128 valence electrons. The van der Waals surface area contributed by atoms with Gasteiger partial charge in [-0.1, -0.05) is 37.8 Å². The molecule has 0 spiro atoms. The van der Waals surface area contributed by atoms with E-state index < -0.39 is 0 Å². The summed E-state index contributed by atoms with van der Waals surface area (Å²) in [6, 6.07) is 7.06. The molecule has 1 aromatic rings. The second-order valence-corrected chi connectivity index (χ2v) is 5.83. The lowest BCUT2D eigenvalue weighted by Crippen LogP contribution is -2.30. The van der Waals surface area contributed by atoms with Crippen molar-refractivity contribution >= 4 is 29.9 Å². The number of nitrogens with one attached hydrogen (secondary N) is 2. The molecule has 1 aliphatic carbocycles. The van der Waals surface area contributed by atoms with Crippen LogP contribution in [0.25, 0.3) is 0 Å². The topological polar surface area (TPSA) is 84.2 Å². The Labute approximate surface area is 143 Å². The normalized spacial score (nSPS) is 14.1. The zero-order valence-electron chi connectivity index (χ0n) is 13.3. The van der Waals surface area contributed by atoms with Gasteiger partial charge in [-0.2, -0.15) is 0 Å². The van der Waals surface area contributed by atoms with Crippen LogP contribution < -0.4 is 16.4 Å². The third kappa shape index (κ3) is 6.20. The summed E-state index contributed by atoms with van der Waals surface area (Å²) in [5, 5.41) is 5.58. The zero-order valence-corrected chi connectivity index (χ0v) is 14.2. The summed E-state index contributed by atoms with van der Waals surface area (Å²) < 4.78 is 0. The molecular formula is C17H26ClN3O2. The number of anilines is 1. The zero-order chi connectivity index (χ0) is 15.8. The van der Waals surface area contributed by atoms with Crippen LogP contribution in [0.3, 0.4) is 0 Å². The minimum absolute atomic E-state index is 0. The second kappa shape index (κ2) is 10.2. The van der Waals surface area contributed by atoms with E-state index >= 15 is 0 Å². The lowest BCUT2D eigenvalue weighted by molar-refractivity contribution is -0.116. The van der Waals surface area contributed by atoms with Crippen molar-refractivity contribution in [1.82, 2.24) is 5.32 Å². The fraction of sp³-hybridized carbons (Fsp3) is 0.529. The maximum absolute atomic E-state index is 12.1. The monoisotopic (exact) mass is 339 g/mol. The highest BCUT2D eigenvalue weighted by atomic mass is 35.5. The number of amides is 2. The van der Waals surface area contributed by atoms with E-state index in [1.165, 1.54) is 25.7 Å². The third-order valence-electron chi connectivity index (χ3n) is 4.13. The number of carbonyl (C=O) groups excluding carboxylic acids is 2. The molecule has 0 unspecified atom stereocenters. The fourth-order valence-electron chi connectivity index (χ4n) is 2.92. The Morgan fingerprint density at radius 3 is 2.57 bits per heavy atom. The van der Waals surface area contributed by atoms with Crippen LogP contribution in [0, 0.1) is 5.92 Å². The van der Waals surface area contributed by atoms with Crippen molar-refractivity contribution in [2.45, 2.75) is 38.5 Å². The first-order valence-corrected chi connectivity index (χ1v) is 8.08. The van der Waals surface area contributed by atoms with Crippen molar-refractivity contribution in [2.75, 3.05) is 18.4 Å². The SMILES string of the molecule is Cl.NCCNC(=O)c1ccccc1NC(=O)CCC1CCCC1. The first-order valence-electron chi connectivity index (χ1n) is 8.08.